The number of carbonyl (C=O) groups excluding carboxylic acids is 2. The second-order valence-electron chi connectivity index (χ2n) is 5.78. The molecule has 1 heterocycles. The highest BCUT2D eigenvalue weighted by Gasteiger charge is 2.31. The third-order valence-corrected chi connectivity index (χ3v) is 4.56. The maximum absolute atomic E-state index is 12.8. The van der Waals surface area contributed by atoms with Crippen LogP contribution < -0.4 is 0 Å². The number of halogens is 1. The van der Waals surface area contributed by atoms with Gasteiger partial charge in [0.05, 0.1) is 13.0 Å². The zero-order valence-corrected chi connectivity index (χ0v) is 14.6. The van der Waals surface area contributed by atoms with Crippen molar-refractivity contribution in [3.63, 3.8) is 0 Å². The highest BCUT2D eigenvalue weighted by Crippen LogP contribution is 2.26. The van der Waals surface area contributed by atoms with Crippen LogP contribution in [0.5, 0.6) is 0 Å². The Kier molecular flexibility index (Phi) is 6.06. The average molecular weight is 372 g/mol. The molecule has 0 spiro atoms. The fourth-order valence-electron chi connectivity index (χ4n) is 2.93. The predicted molar refractivity (Wildman–Crippen MR) is 85.5 cm³/mol. The molecule has 1 atom stereocenters. The minimum atomic E-state index is -0.353. The summed E-state index contributed by atoms with van der Waals surface area (Å²) >= 11 is 3.22. The van der Waals surface area contributed by atoms with Gasteiger partial charge in [0.1, 0.15) is 0 Å². The summed E-state index contributed by atoms with van der Waals surface area (Å²) in [5.41, 5.74) is 0. The van der Waals surface area contributed by atoms with Crippen LogP contribution in [0.2, 0.25) is 0 Å². The number of ether oxygens (including phenoxy) is 1. The summed E-state index contributed by atoms with van der Waals surface area (Å²) < 4.78 is 10.7. The van der Waals surface area contributed by atoms with Crippen molar-refractivity contribution < 1.29 is 18.7 Å². The van der Waals surface area contributed by atoms with Crippen molar-refractivity contribution in [2.24, 2.45) is 5.92 Å². The molecule has 1 unspecified atom stereocenters. The van der Waals surface area contributed by atoms with Crippen molar-refractivity contribution in [3.05, 3.63) is 22.6 Å². The van der Waals surface area contributed by atoms with Crippen molar-refractivity contribution in [2.45, 2.75) is 45.1 Å². The molecule has 0 saturated heterocycles. The summed E-state index contributed by atoms with van der Waals surface area (Å²) in [4.78, 5) is 26.2. The molecule has 1 aliphatic rings. The molecule has 1 fully saturated rings. The Morgan fingerprint density at radius 2 is 2.05 bits per heavy atom. The molecule has 1 aliphatic carbocycles. The van der Waals surface area contributed by atoms with Crippen molar-refractivity contribution in [1.29, 1.82) is 0 Å². The van der Waals surface area contributed by atoms with Crippen LogP contribution in [0.25, 0.3) is 0 Å². The molecule has 0 bridgehead atoms. The third kappa shape index (κ3) is 4.12. The van der Waals surface area contributed by atoms with E-state index in [0.29, 0.717) is 17.0 Å². The van der Waals surface area contributed by atoms with Gasteiger partial charge in [0.15, 0.2) is 10.4 Å². The highest BCUT2D eigenvalue weighted by atomic mass is 79.9. The molecule has 2 rings (SSSR count). The lowest BCUT2D eigenvalue weighted by molar-refractivity contribution is -0.145. The third-order valence-electron chi connectivity index (χ3n) is 4.13. The largest absolute Gasteiger partial charge is 0.469 e. The van der Waals surface area contributed by atoms with Gasteiger partial charge in [-0.15, -0.1) is 0 Å². The molecule has 6 heteroatoms. The summed E-state index contributed by atoms with van der Waals surface area (Å²) in [6.07, 6.45) is 5.38. The zero-order valence-electron chi connectivity index (χ0n) is 13.0. The molecule has 0 aliphatic heterocycles. The number of nitrogens with zero attached hydrogens (tertiary/aromatic N) is 1. The normalized spacial score (nSPS) is 17.0. The van der Waals surface area contributed by atoms with Crippen molar-refractivity contribution >= 4 is 27.8 Å². The standard InChI is InChI=1S/C16H22BrNO4/c1-11(16(20)21-2)10-18(12-6-4-3-5-7-12)15(19)13-8-9-14(17)22-13/h8-9,11-12H,3-7,10H2,1-2H3. The quantitative estimate of drug-likeness (QED) is 0.741. The topological polar surface area (TPSA) is 59.8 Å². The van der Waals surface area contributed by atoms with Crippen LogP contribution in [0.4, 0.5) is 0 Å². The van der Waals surface area contributed by atoms with Gasteiger partial charge in [-0.05, 0) is 40.9 Å². The van der Waals surface area contributed by atoms with Crippen LogP contribution in [0.15, 0.2) is 21.2 Å². The van der Waals surface area contributed by atoms with Gasteiger partial charge < -0.3 is 14.1 Å². The fourth-order valence-corrected chi connectivity index (χ4v) is 3.24. The summed E-state index contributed by atoms with van der Waals surface area (Å²) in [7, 11) is 1.37. The molecule has 1 aromatic rings. The van der Waals surface area contributed by atoms with Gasteiger partial charge in [-0.3, -0.25) is 9.59 Å². The molecule has 0 N–H and O–H groups in total. The van der Waals surface area contributed by atoms with E-state index >= 15 is 0 Å². The van der Waals surface area contributed by atoms with Gasteiger partial charge >= 0.3 is 5.97 Å². The summed E-state index contributed by atoms with van der Waals surface area (Å²) in [6.45, 7) is 2.14. The van der Waals surface area contributed by atoms with E-state index in [0.717, 1.165) is 25.7 Å². The monoisotopic (exact) mass is 371 g/mol. The van der Waals surface area contributed by atoms with E-state index in [1.807, 2.05) is 0 Å². The molecule has 0 aromatic carbocycles. The molecular weight excluding hydrogens is 350 g/mol. The minimum absolute atomic E-state index is 0.159. The number of furan rings is 1. The van der Waals surface area contributed by atoms with E-state index in [2.05, 4.69) is 15.9 Å². The van der Waals surface area contributed by atoms with Crippen molar-refractivity contribution in [3.8, 4) is 0 Å². The Labute approximate surface area is 139 Å². The maximum atomic E-state index is 12.8. The Morgan fingerprint density at radius 3 is 2.59 bits per heavy atom. The number of methoxy groups -OCH3 is 1. The van der Waals surface area contributed by atoms with E-state index in [1.54, 1.807) is 24.0 Å². The van der Waals surface area contributed by atoms with Crippen LogP contribution in [0.3, 0.4) is 0 Å². The second-order valence-corrected chi connectivity index (χ2v) is 6.56. The van der Waals surface area contributed by atoms with E-state index in [-0.39, 0.29) is 23.8 Å². The molecular formula is C16H22BrNO4. The lowest BCUT2D eigenvalue weighted by Crippen LogP contribution is -2.45. The Bertz CT molecular complexity index is 522. The first-order valence-electron chi connectivity index (χ1n) is 7.67. The van der Waals surface area contributed by atoms with Gasteiger partial charge in [-0.2, -0.15) is 0 Å². The smallest absolute Gasteiger partial charge is 0.310 e. The predicted octanol–water partition coefficient (Wildman–Crippen LogP) is 3.63. The Hall–Kier alpha value is -1.30. The first-order valence-corrected chi connectivity index (χ1v) is 8.46. The van der Waals surface area contributed by atoms with Gasteiger partial charge in [-0.25, -0.2) is 0 Å². The number of esters is 1. The van der Waals surface area contributed by atoms with Crippen molar-refractivity contribution in [2.75, 3.05) is 13.7 Å². The van der Waals surface area contributed by atoms with E-state index in [9.17, 15) is 9.59 Å². The average Bonchev–Trinajstić information content (AvgIpc) is 2.98. The van der Waals surface area contributed by atoms with E-state index < -0.39 is 0 Å². The van der Waals surface area contributed by atoms with Crippen LogP contribution in [0.1, 0.15) is 49.6 Å². The fraction of sp³-hybridized carbons (Fsp3) is 0.625. The van der Waals surface area contributed by atoms with Crippen LogP contribution in [-0.4, -0.2) is 36.5 Å². The van der Waals surface area contributed by atoms with Gasteiger partial charge in [-0.1, -0.05) is 26.2 Å². The maximum Gasteiger partial charge on any atom is 0.310 e. The minimum Gasteiger partial charge on any atom is -0.469 e. The molecule has 1 saturated carbocycles. The number of hydrogen-bond donors (Lipinski definition) is 0. The number of amides is 1. The van der Waals surface area contributed by atoms with E-state index in [1.165, 1.54) is 13.5 Å². The van der Waals surface area contributed by atoms with E-state index in [4.69, 9.17) is 9.15 Å². The van der Waals surface area contributed by atoms with Gasteiger partial charge in [0, 0.05) is 12.6 Å². The highest BCUT2D eigenvalue weighted by molar-refractivity contribution is 9.10. The van der Waals surface area contributed by atoms with Crippen LogP contribution in [-0.2, 0) is 9.53 Å². The second kappa shape index (κ2) is 7.81. The lowest BCUT2D eigenvalue weighted by atomic mass is 9.93. The van der Waals surface area contributed by atoms with Gasteiger partial charge in [0.2, 0.25) is 0 Å². The van der Waals surface area contributed by atoms with Crippen molar-refractivity contribution in [1.82, 2.24) is 4.90 Å². The molecule has 5 nitrogen and oxygen atoms in total. The summed E-state index contributed by atoms with van der Waals surface area (Å²) in [5.74, 6) is -0.508. The summed E-state index contributed by atoms with van der Waals surface area (Å²) in [5, 5.41) is 0. The Balaban J connectivity index is 2.16. The molecule has 1 amide bonds. The number of hydrogen-bond acceptors (Lipinski definition) is 4. The number of carbonyl (C=O) groups is 2. The van der Waals surface area contributed by atoms with Gasteiger partial charge in [0.25, 0.3) is 5.91 Å². The van der Waals surface area contributed by atoms with Crippen LogP contribution >= 0.6 is 15.9 Å². The first kappa shape index (κ1) is 17.1. The number of rotatable bonds is 5. The lowest BCUT2D eigenvalue weighted by Gasteiger charge is -2.35. The molecule has 0 radical (unpaired) electrons. The summed E-state index contributed by atoms with van der Waals surface area (Å²) in [6, 6.07) is 3.53. The first-order chi connectivity index (χ1) is 10.5. The SMILES string of the molecule is COC(=O)C(C)CN(C(=O)c1ccc(Br)o1)C1CCCCC1. The molecule has 22 heavy (non-hydrogen) atoms. The zero-order chi connectivity index (χ0) is 16.1. The van der Waals surface area contributed by atoms with Crippen LogP contribution in [0, 0.1) is 5.92 Å². The Morgan fingerprint density at radius 1 is 1.36 bits per heavy atom. The molecule has 1 aromatic heterocycles. The molecule has 122 valence electrons.